The molecule has 0 unspecified atom stereocenters. The molecule has 0 saturated carbocycles. The molecule has 1 aliphatic heterocycles. The van der Waals surface area contributed by atoms with Crippen molar-refractivity contribution in [3.8, 4) is 0 Å². The highest BCUT2D eigenvalue weighted by Gasteiger charge is 2.38. The molecular weight excluding hydrogens is 285 g/mol. The van der Waals surface area contributed by atoms with Crippen LogP contribution in [0.1, 0.15) is 24.0 Å². The summed E-state index contributed by atoms with van der Waals surface area (Å²) in [7, 11) is 0. The number of benzene rings is 1. The Bertz CT molecular complexity index is 511. The summed E-state index contributed by atoms with van der Waals surface area (Å²) in [6.07, 6.45) is -4.14. The summed E-state index contributed by atoms with van der Waals surface area (Å²) in [5, 5.41) is 3.15. The second kappa shape index (κ2) is 5.93. The number of alkyl halides is 3. The zero-order valence-corrected chi connectivity index (χ0v) is 11.4. The maximum Gasteiger partial charge on any atom is 0.416 e. The van der Waals surface area contributed by atoms with E-state index >= 15 is 0 Å². The Kier molecular flexibility index (Phi) is 4.41. The molecule has 0 atom stereocenters. The molecule has 21 heavy (non-hydrogen) atoms. The van der Waals surface area contributed by atoms with Gasteiger partial charge in [-0.1, -0.05) is 18.2 Å². The molecule has 2 rings (SSSR count). The van der Waals surface area contributed by atoms with Gasteiger partial charge in [-0.05, 0) is 37.6 Å². The largest absolute Gasteiger partial charge is 0.449 e. The average Bonchev–Trinajstić information content (AvgIpc) is 2.45. The van der Waals surface area contributed by atoms with E-state index in [0.29, 0.717) is 31.5 Å². The summed E-state index contributed by atoms with van der Waals surface area (Å²) in [5.41, 5.74) is 4.20. The Hall–Kier alpha value is -1.76. The maximum atomic E-state index is 12.9. The molecule has 1 amide bonds. The van der Waals surface area contributed by atoms with Crippen LogP contribution in [-0.2, 0) is 16.3 Å². The lowest BCUT2D eigenvalue weighted by molar-refractivity contribution is -0.137. The van der Waals surface area contributed by atoms with E-state index in [-0.39, 0.29) is 6.61 Å². The Morgan fingerprint density at radius 1 is 1.33 bits per heavy atom. The van der Waals surface area contributed by atoms with Crippen LogP contribution in [0.15, 0.2) is 24.3 Å². The molecule has 1 fully saturated rings. The van der Waals surface area contributed by atoms with Crippen molar-refractivity contribution in [2.75, 3.05) is 19.7 Å². The van der Waals surface area contributed by atoms with Crippen LogP contribution in [-0.4, -0.2) is 25.8 Å². The van der Waals surface area contributed by atoms with E-state index in [1.807, 2.05) is 0 Å². The van der Waals surface area contributed by atoms with Gasteiger partial charge in [0.25, 0.3) is 0 Å². The van der Waals surface area contributed by atoms with Gasteiger partial charge in [0.2, 0.25) is 0 Å². The summed E-state index contributed by atoms with van der Waals surface area (Å²) < 4.78 is 43.5. The molecule has 0 aromatic heterocycles. The predicted molar refractivity (Wildman–Crippen MR) is 70.8 cm³/mol. The Balaban J connectivity index is 2.34. The number of ether oxygens (including phenoxy) is 1. The Morgan fingerprint density at radius 3 is 2.57 bits per heavy atom. The van der Waals surface area contributed by atoms with Crippen molar-refractivity contribution in [1.29, 1.82) is 0 Å². The molecule has 1 saturated heterocycles. The van der Waals surface area contributed by atoms with E-state index in [4.69, 9.17) is 10.5 Å². The number of halogens is 3. The summed E-state index contributed by atoms with van der Waals surface area (Å²) in [6, 6.07) is 5.19. The highest BCUT2D eigenvalue weighted by atomic mass is 19.4. The summed E-state index contributed by atoms with van der Waals surface area (Å²) >= 11 is 0. The van der Waals surface area contributed by atoms with Gasteiger partial charge in [-0.15, -0.1) is 0 Å². The number of nitrogens with one attached hydrogen (secondary N) is 1. The van der Waals surface area contributed by atoms with Crippen LogP contribution in [0, 0.1) is 0 Å². The number of hydrogen-bond acceptors (Lipinski definition) is 3. The van der Waals surface area contributed by atoms with E-state index in [9.17, 15) is 18.0 Å². The first kappa shape index (κ1) is 15.6. The number of carbonyl (C=O) groups excluding carboxylic acids is 1. The van der Waals surface area contributed by atoms with Crippen molar-refractivity contribution < 1.29 is 22.7 Å². The van der Waals surface area contributed by atoms with Gasteiger partial charge in [-0.3, -0.25) is 0 Å². The maximum absolute atomic E-state index is 12.9. The number of nitrogens with two attached hydrogens (primary N) is 1. The lowest BCUT2D eigenvalue weighted by Gasteiger charge is -2.37. The number of rotatable bonds is 3. The third-order valence-electron chi connectivity index (χ3n) is 3.85. The van der Waals surface area contributed by atoms with Crippen molar-refractivity contribution in [1.82, 2.24) is 5.32 Å². The van der Waals surface area contributed by atoms with Gasteiger partial charge < -0.3 is 15.8 Å². The van der Waals surface area contributed by atoms with E-state index < -0.39 is 23.2 Å². The first-order chi connectivity index (χ1) is 9.83. The number of carbonyl (C=O) groups is 1. The molecule has 116 valence electrons. The highest BCUT2D eigenvalue weighted by molar-refractivity contribution is 5.64. The lowest BCUT2D eigenvalue weighted by atomic mass is 9.73. The summed E-state index contributed by atoms with van der Waals surface area (Å²) in [5.74, 6) is 0. The van der Waals surface area contributed by atoms with Crippen LogP contribution in [0.5, 0.6) is 0 Å². The van der Waals surface area contributed by atoms with Gasteiger partial charge in [-0.2, -0.15) is 13.2 Å². The van der Waals surface area contributed by atoms with Crippen molar-refractivity contribution in [3.05, 3.63) is 35.4 Å². The fourth-order valence-electron chi connectivity index (χ4n) is 2.66. The summed E-state index contributed by atoms with van der Waals surface area (Å²) in [6.45, 7) is 1.29. The van der Waals surface area contributed by atoms with Crippen LogP contribution >= 0.6 is 0 Å². The number of primary amides is 1. The van der Waals surface area contributed by atoms with Crippen LogP contribution in [0.25, 0.3) is 0 Å². The van der Waals surface area contributed by atoms with Gasteiger partial charge in [0.15, 0.2) is 0 Å². The van der Waals surface area contributed by atoms with E-state index in [1.165, 1.54) is 6.07 Å². The smallest absolute Gasteiger partial charge is 0.416 e. The van der Waals surface area contributed by atoms with Crippen LogP contribution in [0.3, 0.4) is 0 Å². The lowest BCUT2D eigenvalue weighted by Crippen LogP contribution is -2.44. The minimum atomic E-state index is -4.39. The average molecular weight is 302 g/mol. The molecule has 1 heterocycles. The highest BCUT2D eigenvalue weighted by Crippen LogP contribution is 2.37. The fourth-order valence-corrected chi connectivity index (χ4v) is 2.66. The van der Waals surface area contributed by atoms with Gasteiger partial charge in [-0.25, -0.2) is 4.79 Å². The molecule has 1 aromatic rings. The number of piperidine rings is 1. The van der Waals surface area contributed by atoms with Crippen molar-refractivity contribution in [3.63, 3.8) is 0 Å². The summed E-state index contributed by atoms with van der Waals surface area (Å²) in [4.78, 5) is 10.8. The minimum absolute atomic E-state index is 0.00861. The monoisotopic (exact) mass is 302 g/mol. The van der Waals surface area contributed by atoms with Crippen LogP contribution in [0.4, 0.5) is 18.0 Å². The third kappa shape index (κ3) is 3.66. The first-order valence-electron chi connectivity index (χ1n) is 6.64. The van der Waals surface area contributed by atoms with Crippen molar-refractivity contribution >= 4 is 6.09 Å². The minimum Gasteiger partial charge on any atom is -0.449 e. The van der Waals surface area contributed by atoms with E-state index in [0.717, 1.165) is 12.1 Å². The van der Waals surface area contributed by atoms with E-state index in [1.54, 1.807) is 6.07 Å². The van der Waals surface area contributed by atoms with Gasteiger partial charge in [0.1, 0.15) is 6.61 Å². The van der Waals surface area contributed by atoms with Crippen molar-refractivity contribution in [2.45, 2.75) is 24.4 Å². The van der Waals surface area contributed by atoms with Gasteiger partial charge >= 0.3 is 12.3 Å². The second-order valence-electron chi connectivity index (χ2n) is 5.22. The molecule has 0 radical (unpaired) electrons. The molecule has 0 bridgehead atoms. The molecule has 1 aliphatic rings. The first-order valence-corrected chi connectivity index (χ1v) is 6.64. The number of amides is 1. The number of hydrogen-bond donors (Lipinski definition) is 2. The standard InChI is InChI=1S/C14H17F3N2O2/c15-14(16,17)11-3-1-2-10(8-11)13(9-21-12(18)20)4-6-19-7-5-13/h1-3,8,19H,4-7,9H2,(H2,18,20). The van der Waals surface area contributed by atoms with Crippen molar-refractivity contribution in [2.24, 2.45) is 5.73 Å². The molecule has 0 aliphatic carbocycles. The molecule has 1 aromatic carbocycles. The van der Waals surface area contributed by atoms with E-state index in [2.05, 4.69) is 5.32 Å². The van der Waals surface area contributed by atoms with Crippen LogP contribution < -0.4 is 11.1 Å². The molecule has 0 spiro atoms. The van der Waals surface area contributed by atoms with Crippen LogP contribution in [0.2, 0.25) is 0 Å². The van der Waals surface area contributed by atoms with Gasteiger partial charge in [0.05, 0.1) is 5.56 Å². The quantitative estimate of drug-likeness (QED) is 0.901. The Labute approximate surface area is 120 Å². The normalized spacial score (nSPS) is 18.2. The third-order valence-corrected chi connectivity index (χ3v) is 3.85. The fraction of sp³-hybridized carbons (Fsp3) is 0.500. The Morgan fingerprint density at radius 2 is 2.00 bits per heavy atom. The molecule has 3 N–H and O–H groups in total. The predicted octanol–water partition coefficient (Wildman–Crippen LogP) is 2.42. The zero-order chi connectivity index (χ0) is 15.5. The second-order valence-corrected chi connectivity index (χ2v) is 5.22. The molecular formula is C14H17F3N2O2. The SMILES string of the molecule is NC(=O)OCC1(c2cccc(C(F)(F)F)c2)CCNCC1. The van der Waals surface area contributed by atoms with Gasteiger partial charge in [0, 0.05) is 5.41 Å². The molecule has 7 heteroatoms. The zero-order valence-electron chi connectivity index (χ0n) is 11.4. The molecule has 4 nitrogen and oxygen atoms in total. The topological polar surface area (TPSA) is 64.4 Å².